The fraction of sp³-hybridized carbons (Fsp3) is 0.231. The van der Waals surface area contributed by atoms with Gasteiger partial charge in [-0.3, -0.25) is 0 Å². The second-order valence-corrected chi connectivity index (χ2v) is 7.57. The molecule has 0 spiro atoms. The highest BCUT2D eigenvalue weighted by atomic mass is 79.9. The normalized spacial score (nSPS) is 21.9. The molecule has 1 aromatic heterocycles. The van der Waals surface area contributed by atoms with Gasteiger partial charge < -0.3 is 9.84 Å². The molecular weight excluding hydrogens is 399 g/mol. The Morgan fingerprint density at radius 3 is 2.79 bits per heavy atom. The summed E-state index contributed by atoms with van der Waals surface area (Å²) in [6, 6.07) is 6.21. The average molecular weight is 408 g/mol. The molecule has 1 aromatic carbocycles. The van der Waals surface area contributed by atoms with E-state index in [-0.39, 0.29) is 11.9 Å². The molecule has 0 aliphatic carbocycles. The van der Waals surface area contributed by atoms with Crippen molar-refractivity contribution in [2.45, 2.75) is 18.6 Å². The van der Waals surface area contributed by atoms with Gasteiger partial charge >= 0.3 is 0 Å². The standard InChI is InChI=1S/C13H9Br2FO2S/c14-8-4-12(19-13(8)15)11-5-9(17)7-3-6(16)1-2-10(7)18-11/h1-4,9,11,17H,5H2. The van der Waals surface area contributed by atoms with E-state index in [1.165, 1.54) is 12.1 Å². The zero-order valence-electron chi connectivity index (χ0n) is 9.57. The monoisotopic (exact) mass is 406 g/mol. The Kier molecular flexibility index (Phi) is 3.68. The number of benzene rings is 1. The molecule has 0 saturated carbocycles. The Morgan fingerprint density at radius 1 is 1.32 bits per heavy atom. The van der Waals surface area contributed by atoms with Crippen LogP contribution in [0, 0.1) is 5.82 Å². The van der Waals surface area contributed by atoms with Gasteiger partial charge in [-0.25, -0.2) is 4.39 Å². The molecule has 2 unspecified atom stereocenters. The summed E-state index contributed by atoms with van der Waals surface area (Å²) in [7, 11) is 0. The number of thiophene rings is 1. The summed E-state index contributed by atoms with van der Waals surface area (Å²) >= 11 is 8.44. The summed E-state index contributed by atoms with van der Waals surface area (Å²) in [4.78, 5) is 1.02. The minimum Gasteiger partial charge on any atom is -0.484 e. The molecule has 0 saturated heterocycles. The number of hydrogen-bond donors (Lipinski definition) is 1. The second-order valence-electron chi connectivity index (χ2n) is 4.31. The lowest BCUT2D eigenvalue weighted by Crippen LogP contribution is -2.18. The number of hydrogen-bond acceptors (Lipinski definition) is 3. The first-order chi connectivity index (χ1) is 9.04. The molecule has 2 atom stereocenters. The Balaban J connectivity index is 1.94. The van der Waals surface area contributed by atoms with E-state index in [0.29, 0.717) is 17.7 Å². The zero-order valence-corrected chi connectivity index (χ0v) is 13.6. The van der Waals surface area contributed by atoms with Crippen LogP contribution in [-0.2, 0) is 0 Å². The Morgan fingerprint density at radius 2 is 2.11 bits per heavy atom. The maximum atomic E-state index is 13.2. The van der Waals surface area contributed by atoms with E-state index in [9.17, 15) is 9.50 Å². The van der Waals surface area contributed by atoms with Crippen LogP contribution in [0.15, 0.2) is 32.5 Å². The molecule has 3 rings (SSSR count). The number of halogens is 3. The van der Waals surface area contributed by atoms with E-state index >= 15 is 0 Å². The van der Waals surface area contributed by atoms with Gasteiger partial charge in [0.25, 0.3) is 0 Å². The quantitative estimate of drug-likeness (QED) is 0.723. The van der Waals surface area contributed by atoms with Crippen molar-refractivity contribution in [3.8, 4) is 5.75 Å². The third kappa shape index (κ3) is 2.59. The SMILES string of the molecule is OC1CC(c2cc(Br)c(Br)s2)Oc2ccc(F)cc21. The van der Waals surface area contributed by atoms with E-state index < -0.39 is 6.10 Å². The molecule has 100 valence electrons. The molecule has 2 heterocycles. The number of rotatable bonds is 1. The van der Waals surface area contributed by atoms with Crippen molar-refractivity contribution in [1.29, 1.82) is 0 Å². The van der Waals surface area contributed by atoms with Crippen molar-refractivity contribution < 1.29 is 14.2 Å². The highest BCUT2D eigenvalue weighted by Gasteiger charge is 2.29. The summed E-state index contributed by atoms with van der Waals surface area (Å²) in [5, 5.41) is 10.1. The van der Waals surface area contributed by atoms with E-state index in [1.54, 1.807) is 17.4 Å². The minimum atomic E-state index is -0.705. The number of fused-ring (bicyclic) bond motifs is 1. The predicted molar refractivity (Wildman–Crippen MR) is 79.1 cm³/mol. The molecule has 19 heavy (non-hydrogen) atoms. The van der Waals surface area contributed by atoms with Crippen molar-refractivity contribution in [2.75, 3.05) is 0 Å². The average Bonchev–Trinajstić information content (AvgIpc) is 2.70. The number of aliphatic hydroxyl groups is 1. The van der Waals surface area contributed by atoms with Gasteiger partial charge in [-0.1, -0.05) is 0 Å². The molecule has 0 radical (unpaired) electrons. The van der Waals surface area contributed by atoms with Gasteiger partial charge in [0, 0.05) is 21.3 Å². The fourth-order valence-corrected chi connectivity index (χ4v) is 4.25. The summed E-state index contributed by atoms with van der Waals surface area (Å²) in [6.07, 6.45) is -0.486. The van der Waals surface area contributed by atoms with Crippen molar-refractivity contribution in [3.05, 3.63) is 48.8 Å². The van der Waals surface area contributed by atoms with Crippen LogP contribution >= 0.6 is 43.2 Å². The molecule has 1 aliphatic rings. The van der Waals surface area contributed by atoms with Gasteiger partial charge in [-0.15, -0.1) is 11.3 Å². The first-order valence-electron chi connectivity index (χ1n) is 5.63. The second kappa shape index (κ2) is 5.16. The van der Waals surface area contributed by atoms with Crippen LogP contribution < -0.4 is 4.74 Å². The Hall–Kier alpha value is -0.430. The van der Waals surface area contributed by atoms with E-state index in [4.69, 9.17) is 4.74 Å². The molecule has 6 heteroatoms. The summed E-state index contributed by atoms with van der Waals surface area (Å²) < 4.78 is 21.0. The lowest BCUT2D eigenvalue weighted by Gasteiger charge is -2.29. The molecular formula is C13H9Br2FO2S. The minimum absolute atomic E-state index is 0.208. The summed E-state index contributed by atoms with van der Waals surface area (Å²) in [5.41, 5.74) is 0.519. The van der Waals surface area contributed by atoms with Gasteiger partial charge in [0.15, 0.2) is 0 Å². The Labute approximate surface area is 130 Å². The first-order valence-corrected chi connectivity index (χ1v) is 8.03. The van der Waals surface area contributed by atoms with Crippen LogP contribution in [0.4, 0.5) is 4.39 Å². The summed E-state index contributed by atoms with van der Waals surface area (Å²) in [6.45, 7) is 0. The zero-order chi connectivity index (χ0) is 13.6. The van der Waals surface area contributed by atoms with E-state index in [2.05, 4.69) is 31.9 Å². The van der Waals surface area contributed by atoms with Gasteiger partial charge in [-0.05, 0) is 56.1 Å². The maximum Gasteiger partial charge on any atom is 0.136 e. The lowest BCUT2D eigenvalue weighted by molar-refractivity contribution is 0.0670. The molecule has 2 aromatic rings. The smallest absolute Gasteiger partial charge is 0.136 e. The molecule has 1 aliphatic heterocycles. The van der Waals surface area contributed by atoms with Crippen LogP contribution in [0.5, 0.6) is 5.75 Å². The predicted octanol–water partition coefficient (Wildman–Crippen LogP) is 4.97. The molecule has 1 N–H and O–H groups in total. The van der Waals surface area contributed by atoms with Crippen LogP contribution in [-0.4, -0.2) is 5.11 Å². The Bertz CT molecular complexity index is 610. The highest BCUT2D eigenvalue weighted by molar-refractivity contribution is 9.13. The highest BCUT2D eigenvalue weighted by Crippen LogP contribution is 2.45. The topological polar surface area (TPSA) is 29.5 Å². The number of aliphatic hydroxyl groups excluding tert-OH is 1. The van der Waals surface area contributed by atoms with Crippen molar-refractivity contribution in [1.82, 2.24) is 0 Å². The van der Waals surface area contributed by atoms with Crippen LogP contribution in [0.1, 0.15) is 29.1 Å². The molecule has 0 bridgehead atoms. The van der Waals surface area contributed by atoms with Gasteiger partial charge in [-0.2, -0.15) is 0 Å². The van der Waals surface area contributed by atoms with Crippen molar-refractivity contribution in [3.63, 3.8) is 0 Å². The van der Waals surface area contributed by atoms with Crippen molar-refractivity contribution in [2.24, 2.45) is 0 Å². The van der Waals surface area contributed by atoms with Crippen LogP contribution in [0.25, 0.3) is 0 Å². The van der Waals surface area contributed by atoms with E-state index in [1.807, 2.05) is 6.07 Å². The van der Waals surface area contributed by atoms with Gasteiger partial charge in [0.1, 0.15) is 17.7 Å². The largest absolute Gasteiger partial charge is 0.484 e. The fourth-order valence-electron chi connectivity index (χ4n) is 2.11. The molecule has 0 amide bonds. The van der Waals surface area contributed by atoms with E-state index in [0.717, 1.165) is 13.1 Å². The lowest BCUT2D eigenvalue weighted by atomic mass is 9.98. The van der Waals surface area contributed by atoms with Gasteiger partial charge in [0.05, 0.1) is 9.89 Å². The summed E-state index contributed by atoms with van der Waals surface area (Å²) in [5.74, 6) is 0.187. The molecule has 2 nitrogen and oxygen atoms in total. The third-order valence-electron chi connectivity index (χ3n) is 3.02. The van der Waals surface area contributed by atoms with Crippen LogP contribution in [0.2, 0.25) is 0 Å². The van der Waals surface area contributed by atoms with Crippen molar-refractivity contribution >= 4 is 43.2 Å². The maximum absolute atomic E-state index is 13.2. The third-order valence-corrected chi connectivity index (χ3v) is 6.37. The van der Waals surface area contributed by atoms with Crippen LogP contribution in [0.3, 0.4) is 0 Å². The molecule has 0 fully saturated rings. The van der Waals surface area contributed by atoms with Gasteiger partial charge in [0.2, 0.25) is 0 Å². The first kappa shape index (κ1) is 13.5. The number of ether oxygens (including phenoxy) is 1.